The summed E-state index contributed by atoms with van der Waals surface area (Å²) in [7, 11) is 0. The van der Waals surface area contributed by atoms with Gasteiger partial charge in [0, 0.05) is 23.8 Å². The van der Waals surface area contributed by atoms with Crippen molar-refractivity contribution < 1.29 is 4.79 Å². The zero-order valence-electron chi connectivity index (χ0n) is 20.3. The zero-order chi connectivity index (χ0) is 24.4. The highest BCUT2D eigenvalue weighted by molar-refractivity contribution is 6.30. The number of carbonyl (C=O) groups is 1. The highest BCUT2D eigenvalue weighted by Gasteiger charge is 2.27. The van der Waals surface area contributed by atoms with Crippen LogP contribution >= 0.6 is 11.6 Å². The van der Waals surface area contributed by atoms with Crippen LogP contribution in [-0.4, -0.2) is 33.4 Å². The Morgan fingerprint density at radius 1 is 1.06 bits per heavy atom. The molecule has 1 fully saturated rings. The van der Waals surface area contributed by atoms with Crippen molar-refractivity contribution in [1.29, 1.82) is 0 Å². The molecule has 5 nitrogen and oxygen atoms in total. The van der Waals surface area contributed by atoms with Crippen molar-refractivity contribution >= 4 is 34.2 Å². The summed E-state index contributed by atoms with van der Waals surface area (Å²) in [4.78, 5) is 20.5. The lowest BCUT2D eigenvalue weighted by molar-refractivity contribution is -0.121. The van der Waals surface area contributed by atoms with E-state index in [1.165, 1.54) is 11.1 Å². The number of halogens is 1. The Hall–Kier alpha value is -3.15. The number of hydrogen-bond acceptors (Lipinski definition) is 3. The van der Waals surface area contributed by atoms with E-state index in [0.29, 0.717) is 0 Å². The zero-order valence-corrected chi connectivity index (χ0v) is 21.1. The summed E-state index contributed by atoms with van der Waals surface area (Å²) in [5, 5.41) is 3.90. The number of piperidine rings is 1. The van der Waals surface area contributed by atoms with Crippen LogP contribution in [0.3, 0.4) is 0 Å². The maximum absolute atomic E-state index is 13.1. The number of likely N-dealkylation sites (tertiary alicyclic amines) is 1. The van der Waals surface area contributed by atoms with Crippen molar-refractivity contribution in [3.05, 3.63) is 94.3 Å². The number of aromatic nitrogens is 2. The van der Waals surface area contributed by atoms with Gasteiger partial charge in [-0.3, -0.25) is 9.69 Å². The molecular weight excluding hydrogens is 456 g/mol. The lowest BCUT2D eigenvalue weighted by atomic mass is 9.96. The van der Waals surface area contributed by atoms with Crippen molar-refractivity contribution in [1.82, 2.24) is 14.5 Å². The largest absolute Gasteiger partial charge is 0.326 e. The maximum Gasteiger partial charge on any atom is 0.228 e. The molecule has 0 spiro atoms. The smallest absolute Gasteiger partial charge is 0.228 e. The Balaban J connectivity index is 1.33. The van der Waals surface area contributed by atoms with E-state index in [1.807, 2.05) is 37.3 Å². The number of carbonyl (C=O) groups excluding carboxylic acids is 1. The van der Waals surface area contributed by atoms with Gasteiger partial charge in [0.05, 0.1) is 23.5 Å². The summed E-state index contributed by atoms with van der Waals surface area (Å²) < 4.78 is 2.29. The van der Waals surface area contributed by atoms with E-state index in [9.17, 15) is 4.79 Å². The van der Waals surface area contributed by atoms with Gasteiger partial charge in [0.1, 0.15) is 5.82 Å². The molecule has 0 unspecified atom stereocenters. The Labute approximate surface area is 211 Å². The van der Waals surface area contributed by atoms with Crippen molar-refractivity contribution in [2.75, 3.05) is 18.4 Å². The molecule has 1 aromatic heterocycles. The SMILES string of the molecule is Cc1ccc(NC(=O)[C@H]2CCCN(Cc3nc4ccccc4n3Cc3ccc(Cl)cc3)C2)c(C)c1. The summed E-state index contributed by atoms with van der Waals surface area (Å²) in [6, 6.07) is 22.4. The van der Waals surface area contributed by atoms with Crippen LogP contribution in [0.15, 0.2) is 66.7 Å². The first-order valence-corrected chi connectivity index (χ1v) is 12.6. The van der Waals surface area contributed by atoms with Crippen molar-refractivity contribution in [3.8, 4) is 0 Å². The third-order valence-corrected chi connectivity index (χ3v) is 7.12. The molecule has 0 radical (unpaired) electrons. The lowest BCUT2D eigenvalue weighted by Gasteiger charge is -2.32. The van der Waals surface area contributed by atoms with E-state index in [1.54, 1.807) is 0 Å². The Morgan fingerprint density at radius 3 is 2.66 bits per heavy atom. The first-order valence-electron chi connectivity index (χ1n) is 12.3. The highest BCUT2D eigenvalue weighted by Crippen LogP contribution is 2.25. The second-order valence-electron chi connectivity index (χ2n) is 9.61. The number of aryl methyl sites for hydroxylation is 2. The van der Waals surface area contributed by atoms with Gasteiger partial charge >= 0.3 is 0 Å². The van der Waals surface area contributed by atoms with Crippen LogP contribution in [-0.2, 0) is 17.9 Å². The highest BCUT2D eigenvalue weighted by atomic mass is 35.5. The molecule has 2 heterocycles. The summed E-state index contributed by atoms with van der Waals surface area (Å²) in [5.74, 6) is 1.10. The average Bonchev–Trinajstić information content (AvgIpc) is 3.19. The van der Waals surface area contributed by atoms with E-state index in [2.05, 4.69) is 58.1 Å². The first kappa shape index (κ1) is 23.6. The molecule has 35 heavy (non-hydrogen) atoms. The quantitative estimate of drug-likeness (QED) is 0.352. The second kappa shape index (κ2) is 10.2. The predicted molar refractivity (Wildman–Crippen MR) is 143 cm³/mol. The molecule has 1 atom stereocenters. The second-order valence-corrected chi connectivity index (χ2v) is 10.0. The van der Waals surface area contributed by atoms with Crippen LogP contribution in [0.2, 0.25) is 5.02 Å². The minimum atomic E-state index is -0.0291. The van der Waals surface area contributed by atoms with Gasteiger partial charge in [-0.05, 0) is 74.7 Å². The van der Waals surface area contributed by atoms with Gasteiger partial charge in [0.15, 0.2) is 0 Å². The van der Waals surface area contributed by atoms with Gasteiger partial charge in [-0.15, -0.1) is 0 Å². The third kappa shape index (κ3) is 5.42. The molecule has 1 N–H and O–H groups in total. The summed E-state index contributed by atoms with van der Waals surface area (Å²) in [6.45, 7) is 7.27. The predicted octanol–water partition coefficient (Wildman–Crippen LogP) is 6.21. The van der Waals surface area contributed by atoms with Gasteiger partial charge in [-0.2, -0.15) is 0 Å². The Bertz CT molecular complexity index is 1340. The first-order chi connectivity index (χ1) is 17.0. The number of hydrogen-bond donors (Lipinski definition) is 1. The van der Waals surface area contributed by atoms with E-state index >= 15 is 0 Å². The number of para-hydroxylation sites is 2. The third-order valence-electron chi connectivity index (χ3n) is 6.87. The topological polar surface area (TPSA) is 50.2 Å². The number of benzene rings is 3. The molecule has 6 heteroatoms. The van der Waals surface area contributed by atoms with E-state index < -0.39 is 0 Å². The Kier molecular flexibility index (Phi) is 6.89. The molecule has 5 rings (SSSR count). The molecule has 0 saturated carbocycles. The van der Waals surface area contributed by atoms with Crippen LogP contribution in [0, 0.1) is 19.8 Å². The fraction of sp³-hybridized carbons (Fsp3) is 0.310. The molecule has 1 amide bonds. The van der Waals surface area contributed by atoms with Crippen LogP contribution < -0.4 is 5.32 Å². The number of imidazole rings is 1. The summed E-state index contributed by atoms with van der Waals surface area (Å²) in [6.07, 6.45) is 1.91. The van der Waals surface area contributed by atoms with Crippen LogP contribution in [0.4, 0.5) is 5.69 Å². The average molecular weight is 487 g/mol. The van der Waals surface area contributed by atoms with Gasteiger partial charge < -0.3 is 9.88 Å². The van der Waals surface area contributed by atoms with E-state index in [-0.39, 0.29) is 11.8 Å². The molecule has 180 valence electrons. The standard InChI is InChI=1S/C29H31ClN4O/c1-20-9-14-25(21(2)16-20)32-29(35)23-6-5-15-33(18-23)19-28-31-26-7-3-4-8-27(26)34(28)17-22-10-12-24(30)13-11-22/h3-4,7-14,16,23H,5-6,15,17-19H2,1-2H3,(H,32,35)/t23-/m0/s1. The molecule has 1 aliphatic heterocycles. The van der Waals surface area contributed by atoms with Crippen molar-refractivity contribution in [2.24, 2.45) is 5.92 Å². The minimum Gasteiger partial charge on any atom is -0.326 e. The molecule has 1 saturated heterocycles. The van der Waals surface area contributed by atoms with Gasteiger partial charge in [0.2, 0.25) is 5.91 Å². The minimum absolute atomic E-state index is 0.0291. The number of nitrogens with one attached hydrogen (secondary N) is 1. The van der Waals surface area contributed by atoms with Gasteiger partial charge in [-0.1, -0.05) is 53.6 Å². The lowest BCUT2D eigenvalue weighted by Crippen LogP contribution is -2.40. The number of amides is 1. The molecule has 0 bridgehead atoms. The molecular formula is C29H31ClN4O. The molecule has 1 aliphatic rings. The molecule has 3 aromatic carbocycles. The van der Waals surface area contributed by atoms with Gasteiger partial charge in [0.25, 0.3) is 0 Å². The van der Waals surface area contributed by atoms with Crippen molar-refractivity contribution in [2.45, 2.75) is 39.8 Å². The number of rotatable bonds is 6. The van der Waals surface area contributed by atoms with Crippen LogP contribution in [0.1, 0.15) is 35.4 Å². The number of fused-ring (bicyclic) bond motifs is 1. The van der Waals surface area contributed by atoms with Crippen LogP contribution in [0.5, 0.6) is 0 Å². The summed E-state index contributed by atoms with van der Waals surface area (Å²) in [5.41, 5.74) is 6.51. The summed E-state index contributed by atoms with van der Waals surface area (Å²) >= 11 is 6.10. The molecule has 4 aromatic rings. The maximum atomic E-state index is 13.1. The normalized spacial score (nSPS) is 16.5. The van der Waals surface area contributed by atoms with Crippen LogP contribution in [0.25, 0.3) is 11.0 Å². The fourth-order valence-corrected chi connectivity index (χ4v) is 5.12. The van der Waals surface area contributed by atoms with Gasteiger partial charge in [-0.25, -0.2) is 4.98 Å². The number of nitrogens with zero attached hydrogens (tertiary/aromatic N) is 3. The number of anilines is 1. The van der Waals surface area contributed by atoms with E-state index in [4.69, 9.17) is 16.6 Å². The molecule has 0 aliphatic carbocycles. The fourth-order valence-electron chi connectivity index (χ4n) is 5.00. The monoisotopic (exact) mass is 486 g/mol. The van der Waals surface area contributed by atoms with E-state index in [0.717, 1.165) is 72.2 Å². The Morgan fingerprint density at radius 2 is 1.86 bits per heavy atom. The van der Waals surface area contributed by atoms with Crippen molar-refractivity contribution in [3.63, 3.8) is 0 Å².